The van der Waals surface area contributed by atoms with Gasteiger partial charge in [-0.25, -0.2) is 0 Å². The Hall–Kier alpha value is -1.42. The largest absolute Gasteiger partial charge is 0.490 e. The van der Waals surface area contributed by atoms with E-state index in [1.807, 2.05) is 0 Å². The van der Waals surface area contributed by atoms with E-state index in [0.29, 0.717) is 0 Å². The Bertz CT molecular complexity index is 977. The molecule has 1 rings (SSSR count). The fourth-order valence-corrected chi connectivity index (χ4v) is 8.28. The first-order chi connectivity index (χ1) is 28.0. The predicted octanol–water partition coefficient (Wildman–Crippen LogP) is 17.5. The third kappa shape index (κ3) is 32.1. The molecule has 0 aliphatic rings. The molecule has 0 amide bonds. The SMILES string of the molecule is CCCCCCCCCCCCOc1ccc(C[N+](C)(C)CCCCCCCC)c(OCCCCCCCCCCCC)c1OCCCCCCCCCCCC. The van der Waals surface area contributed by atoms with Gasteiger partial charge in [0.15, 0.2) is 11.5 Å². The highest BCUT2D eigenvalue weighted by Crippen LogP contribution is 2.42. The van der Waals surface area contributed by atoms with Crippen LogP contribution in [0.2, 0.25) is 0 Å². The van der Waals surface area contributed by atoms with E-state index < -0.39 is 0 Å². The van der Waals surface area contributed by atoms with Gasteiger partial charge in [0.2, 0.25) is 5.75 Å². The minimum atomic E-state index is 0.735. The van der Waals surface area contributed by atoms with Gasteiger partial charge in [-0.15, -0.1) is 0 Å². The van der Waals surface area contributed by atoms with Gasteiger partial charge in [0.1, 0.15) is 6.54 Å². The molecule has 0 atom stereocenters. The molecule has 0 fully saturated rings. The van der Waals surface area contributed by atoms with Crippen molar-refractivity contribution in [2.75, 3.05) is 40.5 Å². The topological polar surface area (TPSA) is 27.7 Å². The molecule has 0 unspecified atom stereocenters. The zero-order valence-electron chi connectivity index (χ0n) is 39.8. The molecule has 1 aromatic carbocycles. The number of quaternary nitrogens is 1. The molecule has 0 aliphatic heterocycles. The molecule has 1 aromatic rings. The molecular weight excluding hydrogens is 699 g/mol. The highest BCUT2D eigenvalue weighted by Gasteiger charge is 2.24. The van der Waals surface area contributed by atoms with Gasteiger partial charge in [-0.2, -0.15) is 0 Å². The van der Waals surface area contributed by atoms with Gasteiger partial charge in [0.05, 0.1) is 46.0 Å². The number of nitrogens with zero attached hydrogens (tertiary/aromatic N) is 1. The standard InChI is InChI=1S/C53H102NO3/c1-7-11-15-19-23-26-29-32-36-40-46-55-51-44-43-50(49-54(5,6)45-39-35-22-18-14-10-4)52(56-47-41-37-33-30-27-24-20-16-12-8-2)53(51)57-48-42-38-34-31-28-25-21-17-13-9-3/h43-44H,7-42,45-49H2,1-6H3/q+1. The van der Waals surface area contributed by atoms with Crippen molar-refractivity contribution in [2.24, 2.45) is 0 Å². The molecule has 0 spiro atoms. The lowest BCUT2D eigenvalue weighted by molar-refractivity contribution is -0.903. The summed E-state index contributed by atoms with van der Waals surface area (Å²) in [6.07, 6.45) is 48.1. The quantitative estimate of drug-likeness (QED) is 0.0486. The van der Waals surface area contributed by atoms with Gasteiger partial charge in [-0.3, -0.25) is 0 Å². The zero-order valence-corrected chi connectivity index (χ0v) is 39.8. The predicted molar refractivity (Wildman–Crippen MR) is 253 cm³/mol. The van der Waals surface area contributed by atoms with Gasteiger partial charge in [0, 0.05) is 0 Å². The maximum absolute atomic E-state index is 6.84. The lowest BCUT2D eigenvalue weighted by atomic mass is 10.1. The van der Waals surface area contributed by atoms with Gasteiger partial charge in [-0.05, 0) is 44.2 Å². The van der Waals surface area contributed by atoms with Crippen molar-refractivity contribution in [2.45, 2.75) is 265 Å². The van der Waals surface area contributed by atoms with E-state index in [-0.39, 0.29) is 0 Å². The van der Waals surface area contributed by atoms with E-state index in [1.165, 1.54) is 224 Å². The van der Waals surface area contributed by atoms with Crippen LogP contribution < -0.4 is 14.2 Å². The van der Waals surface area contributed by atoms with Gasteiger partial charge >= 0.3 is 0 Å². The third-order valence-corrected chi connectivity index (χ3v) is 12.1. The lowest BCUT2D eigenvalue weighted by Gasteiger charge is -2.31. The molecule has 0 radical (unpaired) electrons. The van der Waals surface area contributed by atoms with E-state index in [1.54, 1.807) is 0 Å². The van der Waals surface area contributed by atoms with E-state index in [0.717, 1.165) is 67.4 Å². The Kier molecular flexibility index (Phi) is 37.6. The molecule has 57 heavy (non-hydrogen) atoms. The highest BCUT2D eigenvalue weighted by atomic mass is 16.5. The average molecular weight is 801 g/mol. The molecular formula is C53H102NO3+. The van der Waals surface area contributed by atoms with Crippen molar-refractivity contribution in [1.29, 1.82) is 0 Å². The van der Waals surface area contributed by atoms with Gasteiger partial charge in [0.25, 0.3) is 0 Å². The first-order valence-corrected chi connectivity index (χ1v) is 25.8. The van der Waals surface area contributed by atoms with Crippen LogP contribution in [-0.2, 0) is 6.54 Å². The van der Waals surface area contributed by atoms with Crippen LogP contribution in [0.1, 0.15) is 264 Å². The highest BCUT2D eigenvalue weighted by molar-refractivity contribution is 5.55. The fourth-order valence-electron chi connectivity index (χ4n) is 8.28. The molecule has 0 aliphatic carbocycles. The summed E-state index contributed by atoms with van der Waals surface area (Å²) in [5.41, 5.74) is 1.28. The summed E-state index contributed by atoms with van der Waals surface area (Å²) in [5.74, 6) is 2.73. The molecule has 0 heterocycles. The third-order valence-electron chi connectivity index (χ3n) is 12.1. The average Bonchev–Trinajstić information content (AvgIpc) is 3.20. The van der Waals surface area contributed by atoms with Gasteiger partial charge < -0.3 is 18.7 Å². The smallest absolute Gasteiger partial charge is 0.204 e. The number of benzene rings is 1. The van der Waals surface area contributed by atoms with E-state index in [9.17, 15) is 0 Å². The molecule has 336 valence electrons. The van der Waals surface area contributed by atoms with Crippen LogP contribution >= 0.6 is 0 Å². The summed E-state index contributed by atoms with van der Waals surface area (Å²) in [4.78, 5) is 0. The fraction of sp³-hybridized carbons (Fsp3) is 0.887. The van der Waals surface area contributed by atoms with Gasteiger partial charge in [-0.1, -0.05) is 227 Å². The van der Waals surface area contributed by atoms with Crippen LogP contribution in [0.15, 0.2) is 12.1 Å². The molecule has 0 bridgehead atoms. The molecule has 4 nitrogen and oxygen atoms in total. The van der Waals surface area contributed by atoms with Crippen LogP contribution in [0.5, 0.6) is 17.2 Å². The second kappa shape index (κ2) is 40.0. The van der Waals surface area contributed by atoms with Crippen molar-refractivity contribution in [3.63, 3.8) is 0 Å². The van der Waals surface area contributed by atoms with Crippen molar-refractivity contribution < 1.29 is 18.7 Å². The van der Waals surface area contributed by atoms with E-state index >= 15 is 0 Å². The second-order valence-electron chi connectivity index (χ2n) is 18.6. The maximum atomic E-state index is 6.84. The van der Waals surface area contributed by atoms with Crippen molar-refractivity contribution in [1.82, 2.24) is 0 Å². The number of rotatable bonds is 45. The first-order valence-electron chi connectivity index (χ1n) is 25.8. The van der Waals surface area contributed by atoms with E-state index in [4.69, 9.17) is 14.2 Å². The van der Waals surface area contributed by atoms with Crippen molar-refractivity contribution >= 4 is 0 Å². The second-order valence-corrected chi connectivity index (χ2v) is 18.6. The number of hydrogen-bond donors (Lipinski definition) is 0. The summed E-state index contributed by atoms with van der Waals surface area (Å²) in [6, 6.07) is 4.51. The van der Waals surface area contributed by atoms with Crippen LogP contribution in [0.4, 0.5) is 0 Å². The summed E-state index contributed by atoms with van der Waals surface area (Å²) in [5, 5.41) is 0. The Balaban J connectivity index is 2.94. The van der Waals surface area contributed by atoms with Crippen LogP contribution in [0.25, 0.3) is 0 Å². The Morgan fingerprint density at radius 1 is 0.333 bits per heavy atom. The summed E-state index contributed by atoms with van der Waals surface area (Å²) < 4.78 is 21.2. The van der Waals surface area contributed by atoms with Crippen LogP contribution in [0, 0.1) is 0 Å². The van der Waals surface area contributed by atoms with Crippen molar-refractivity contribution in [3.05, 3.63) is 17.7 Å². The number of unbranched alkanes of at least 4 members (excludes halogenated alkanes) is 32. The number of ether oxygens (including phenoxy) is 3. The first kappa shape index (κ1) is 53.6. The molecule has 0 aromatic heterocycles. The summed E-state index contributed by atoms with van der Waals surface area (Å²) in [6.45, 7) is 13.6. The Morgan fingerprint density at radius 3 is 1.00 bits per heavy atom. The molecule has 0 saturated carbocycles. The van der Waals surface area contributed by atoms with Crippen LogP contribution in [-0.4, -0.2) is 44.9 Å². The Labute approximate surface area is 358 Å². The maximum Gasteiger partial charge on any atom is 0.204 e. The monoisotopic (exact) mass is 801 g/mol. The molecule has 0 N–H and O–H groups in total. The minimum absolute atomic E-state index is 0.735. The van der Waals surface area contributed by atoms with Crippen LogP contribution in [0.3, 0.4) is 0 Å². The Morgan fingerprint density at radius 2 is 0.632 bits per heavy atom. The normalized spacial score (nSPS) is 11.8. The van der Waals surface area contributed by atoms with E-state index in [2.05, 4.69) is 53.9 Å². The zero-order chi connectivity index (χ0) is 41.3. The summed E-state index contributed by atoms with van der Waals surface area (Å²) in [7, 11) is 4.80. The molecule has 0 saturated heterocycles. The lowest BCUT2D eigenvalue weighted by Crippen LogP contribution is -2.39. The summed E-state index contributed by atoms with van der Waals surface area (Å²) >= 11 is 0. The minimum Gasteiger partial charge on any atom is -0.490 e. The van der Waals surface area contributed by atoms with Crippen molar-refractivity contribution in [3.8, 4) is 17.2 Å². The number of hydrogen-bond acceptors (Lipinski definition) is 3. The molecule has 4 heteroatoms.